The summed E-state index contributed by atoms with van der Waals surface area (Å²) >= 11 is 11.9. The summed E-state index contributed by atoms with van der Waals surface area (Å²) in [6.07, 6.45) is 0.593. The van der Waals surface area contributed by atoms with Crippen LogP contribution < -0.4 is 10.1 Å². The molecule has 2 aromatic carbocycles. The molecule has 0 fully saturated rings. The highest BCUT2D eigenvalue weighted by molar-refractivity contribution is 6.35. The third-order valence-corrected chi connectivity index (χ3v) is 3.96. The third-order valence-electron chi connectivity index (χ3n) is 3.38. The predicted octanol–water partition coefficient (Wildman–Crippen LogP) is 3.52. The van der Waals surface area contributed by atoms with Crippen LogP contribution in [0.15, 0.2) is 42.5 Å². The lowest BCUT2D eigenvalue weighted by atomic mass is 10.1. The predicted molar refractivity (Wildman–Crippen MR) is 96.5 cm³/mol. The first-order valence-electron chi connectivity index (χ1n) is 7.51. The Hall–Kier alpha value is -2.24. The first-order valence-corrected chi connectivity index (χ1v) is 8.27. The fraction of sp³-hybridized carbons (Fsp3) is 0.222. The van der Waals surface area contributed by atoms with Gasteiger partial charge >= 0.3 is 5.97 Å². The molecule has 1 amide bonds. The molecule has 0 bridgehead atoms. The standard InChI is InChI=1S/C18H17Cl2NO4/c1-24-18(23)13-3-6-15(7-4-13)25-11-17(22)21-9-8-12-2-5-14(19)10-16(12)20/h2-7,10H,8-9,11H2,1H3,(H,21,22). The van der Waals surface area contributed by atoms with Crippen molar-refractivity contribution < 1.29 is 19.1 Å². The van der Waals surface area contributed by atoms with Crippen molar-refractivity contribution in [3.05, 3.63) is 63.6 Å². The number of carbonyl (C=O) groups is 2. The van der Waals surface area contributed by atoms with Crippen LogP contribution in [-0.4, -0.2) is 32.1 Å². The van der Waals surface area contributed by atoms with E-state index >= 15 is 0 Å². The number of ether oxygens (including phenoxy) is 2. The number of halogens is 2. The maximum Gasteiger partial charge on any atom is 0.337 e. The largest absolute Gasteiger partial charge is 0.484 e. The van der Waals surface area contributed by atoms with Crippen LogP contribution in [0.4, 0.5) is 0 Å². The number of carbonyl (C=O) groups excluding carboxylic acids is 2. The highest BCUT2D eigenvalue weighted by Gasteiger charge is 2.07. The zero-order valence-electron chi connectivity index (χ0n) is 13.6. The molecule has 0 spiro atoms. The van der Waals surface area contributed by atoms with Gasteiger partial charge in [-0.05, 0) is 48.4 Å². The molecule has 1 N–H and O–H groups in total. The molecule has 0 aliphatic heterocycles. The van der Waals surface area contributed by atoms with Crippen molar-refractivity contribution in [2.45, 2.75) is 6.42 Å². The molecule has 25 heavy (non-hydrogen) atoms. The van der Waals surface area contributed by atoms with Crippen LogP contribution in [-0.2, 0) is 16.0 Å². The van der Waals surface area contributed by atoms with Crippen molar-refractivity contribution in [2.75, 3.05) is 20.3 Å². The van der Waals surface area contributed by atoms with Gasteiger partial charge in [-0.25, -0.2) is 4.79 Å². The number of rotatable bonds is 7. The number of methoxy groups -OCH3 is 1. The lowest BCUT2D eigenvalue weighted by molar-refractivity contribution is -0.123. The number of hydrogen-bond acceptors (Lipinski definition) is 4. The summed E-state index contributed by atoms with van der Waals surface area (Å²) in [6, 6.07) is 11.6. The molecule has 0 heterocycles. The molecule has 0 aliphatic carbocycles. The van der Waals surface area contributed by atoms with Crippen LogP contribution in [0, 0.1) is 0 Å². The average molecular weight is 382 g/mol. The Morgan fingerprint density at radius 3 is 2.44 bits per heavy atom. The van der Waals surface area contributed by atoms with E-state index < -0.39 is 5.97 Å². The Morgan fingerprint density at radius 2 is 1.80 bits per heavy atom. The van der Waals surface area contributed by atoms with Crippen LogP contribution in [0.5, 0.6) is 5.75 Å². The Balaban J connectivity index is 1.74. The number of benzene rings is 2. The lowest BCUT2D eigenvalue weighted by Crippen LogP contribution is -2.30. The first kappa shape index (κ1) is 19.1. The minimum atomic E-state index is -0.426. The van der Waals surface area contributed by atoms with E-state index in [-0.39, 0.29) is 12.5 Å². The topological polar surface area (TPSA) is 64.6 Å². The van der Waals surface area contributed by atoms with Crippen LogP contribution >= 0.6 is 23.2 Å². The second-order valence-corrected chi connectivity index (χ2v) is 5.98. The van der Waals surface area contributed by atoms with E-state index in [0.717, 1.165) is 5.56 Å². The zero-order chi connectivity index (χ0) is 18.2. The fourth-order valence-electron chi connectivity index (χ4n) is 2.07. The van der Waals surface area contributed by atoms with Crippen LogP contribution in [0.1, 0.15) is 15.9 Å². The molecule has 132 valence electrons. The van der Waals surface area contributed by atoms with Gasteiger partial charge in [0.2, 0.25) is 0 Å². The molecule has 7 heteroatoms. The summed E-state index contributed by atoms with van der Waals surface area (Å²) in [4.78, 5) is 23.1. The van der Waals surface area contributed by atoms with Gasteiger partial charge in [0, 0.05) is 16.6 Å². The van der Waals surface area contributed by atoms with Crippen molar-refractivity contribution in [3.63, 3.8) is 0 Å². The van der Waals surface area contributed by atoms with Crippen molar-refractivity contribution in [1.29, 1.82) is 0 Å². The maximum absolute atomic E-state index is 11.8. The van der Waals surface area contributed by atoms with Gasteiger partial charge in [0.1, 0.15) is 5.75 Å². The Morgan fingerprint density at radius 1 is 1.08 bits per heavy atom. The molecule has 0 radical (unpaired) electrons. The molecule has 2 rings (SSSR count). The van der Waals surface area contributed by atoms with Gasteiger partial charge in [-0.15, -0.1) is 0 Å². The van der Waals surface area contributed by atoms with E-state index in [1.165, 1.54) is 7.11 Å². The van der Waals surface area contributed by atoms with Crippen LogP contribution in [0.25, 0.3) is 0 Å². The van der Waals surface area contributed by atoms with Crippen molar-refractivity contribution >= 4 is 35.1 Å². The van der Waals surface area contributed by atoms with Crippen molar-refractivity contribution in [2.24, 2.45) is 0 Å². The van der Waals surface area contributed by atoms with Gasteiger partial charge in [-0.1, -0.05) is 29.3 Å². The number of esters is 1. The van der Waals surface area contributed by atoms with E-state index in [4.69, 9.17) is 27.9 Å². The smallest absolute Gasteiger partial charge is 0.337 e. The maximum atomic E-state index is 11.8. The van der Waals surface area contributed by atoms with E-state index in [1.807, 2.05) is 6.07 Å². The van der Waals surface area contributed by atoms with Crippen LogP contribution in [0.3, 0.4) is 0 Å². The Kier molecular flexibility index (Phi) is 7.10. The number of hydrogen-bond donors (Lipinski definition) is 1. The average Bonchev–Trinajstić information content (AvgIpc) is 2.61. The first-order chi connectivity index (χ1) is 12.0. The van der Waals surface area contributed by atoms with E-state index in [0.29, 0.717) is 34.3 Å². The van der Waals surface area contributed by atoms with Gasteiger partial charge in [-0.3, -0.25) is 4.79 Å². The Labute approximate surface area is 155 Å². The lowest BCUT2D eigenvalue weighted by Gasteiger charge is -2.09. The third kappa shape index (κ3) is 5.96. The minimum Gasteiger partial charge on any atom is -0.484 e. The summed E-state index contributed by atoms with van der Waals surface area (Å²) in [6.45, 7) is 0.316. The molecule has 0 unspecified atom stereocenters. The minimum absolute atomic E-state index is 0.119. The van der Waals surface area contributed by atoms with E-state index in [2.05, 4.69) is 10.1 Å². The normalized spacial score (nSPS) is 10.2. The van der Waals surface area contributed by atoms with Gasteiger partial charge in [-0.2, -0.15) is 0 Å². The highest BCUT2D eigenvalue weighted by atomic mass is 35.5. The SMILES string of the molecule is COC(=O)c1ccc(OCC(=O)NCCc2ccc(Cl)cc2Cl)cc1. The van der Waals surface area contributed by atoms with Gasteiger partial charge in [0.15, 0.2) is 6.61 Å². The second kappa shape index (κ2) is 9.30. The quantitative estimate of drug-likeness (QED) is 0.745. The fourth-order valence-corrected chi connectivity index (χ4v) is 2.57. The van der Waals surface area contributed by atoms with Crippen molar-refractivity contribution in [1.82, 2.24) is 5.32 Å². The molecular weight excluding hydrogens is 365 g/mol. The summed E-state index contributed by atoms with van der Waals surface area (Å²) in [5, 5.41) is 3.90. The van der Waals surface area contributed by atoms with Gasteiger partial charge in [0.05, 0.1) is 12.7 Å². The summed E-state index contributed by atoms with van der Waals surface area (Å²) in [5.74, 6) is -0.184. The molecule has 0 aliphatic rings. The molecule has 5 nitrogen and oxygen atoms in total. The molecule has 2 aromatic rings. The second-order valence-electron chi connectivity index (χ2n) is 5.14. The zero-order valence-corrected chi connectivity index (χ0v) is 15.1. The summed E-state index contributed by atoms with van der Waals surface area (Å²) in [5.41, 5.74) is 1.32. The molecule has 0 saturated heterocycles. The van der Waals surface area contributed by atoms with E-state index in [9.17, 15) is 9.59 Å². The van der Waals surface area contributed by atoms with Gasteiger partial charge < -0.3 is 14.8 Å². The number of nitrogens with one attached hydrogen (secondary N) is 1. The molecule has 0 aromatic heterocycles. The highest BCUT2D eigenvalue weighted by Crippen LogP contribution is 2.21. The molecule has 0 atom stereocenters. The van der Waals surface area contributed by atoms with Crippen LogP contribution in [0.2, 0.25) is 10.0 Å². The summed E-state index contributed by atoms with van der Waals surface area (Å²) < 4.78 is 9.98. The monoisotopic (exact) mass is 381 g/mol. The molecule has 0 saturated carbocycles. The van der Waals surface area contributed by atoms with E-state index in [1.54, 1.807) is 36.4 Å². The Bertz CT molecular complexity index is 747. The van der Waals surface area contributed by atoms with Gasteiger partial charge in [0.25, 0.3) is 5.91 Å². The molecular formula is C18H17Cl2NO4. The summed E-state index contributed by atoms with van der Waals surface area (Å²) in [7, 11) is 1.31. The number of amides is 1. The van der Waals surface area contributed by atoms with Crippen molar-refractivity contribution in [3.8, 4) is 5.75 Å².